The van der Waals surface area contributed by atoms with Crippen molar-refractivity contribution in [2.75, 3.05) is 12.3 Å². The van der Waals surface area contributed by atoms with Gasteiger partial charge in [-0.2, -0.15) is 0 Å². The average Bonchev–Trinajstić information content (AvgIpc) is 2.59. The number of imidazole rings is 1. The molecule has 0 saturated heterocycles. The Bertz CT molecular complexity index is 240. The Kier molecular flexibility index (Phi) is 1.47. The standard InChI is InChI=1S/C6H7N3S/c1-3-9(5-7-1)6-8-2-4-10-6/h1,3,5H,2,4H2. The Hall–Kier alpha value is -0.770. The molecule has 2 heterocycles. The number of hydrogen-bond acceptors (Lipinski definition) is 3. The zero-order valence-electron chi connectivity index (χ0n) is 5.40. The molecule has 0 fully saturated rings. The Labute approximate surface area is 63.2 Å². The van der Waals surface area contributed by atoms with Gasteiger partial charge in [-0.3, -0.25) is 9.56 Å². The van der Waals surface area contributed by atoms with Crippen molar-refractivity contribution in [3.63, 3.8) is 0 Å². The molecule has 0 unspecified atom stereocenters. The van der Waals surface area contributed by atoms with E-state index in [4.69, 9.17) is 0 Å². The van der Waals surface area contributed by atoms with Crippen LogP contribution >= 0.6 is 11.8 Å². The molecule has 0 atom stereocenters. The van der Waals surface area contributed by atoms with Gasteiger partial charge in [-0.1, -0.05) is 11.8 Å². The molecule has 0 bridgehead atoms. The summed E-state index contributed by atoms with van der Waals surface area (Å²) >= 11 is 1.77. The van der Waals surface area contributed by atoms with Crippen LogP contribution in [-0.4, -0.2) is 27.0 Å². The second-order valence-corrected chi connectivity index (χ2v) is 3.04. The van der Waals surface area contributed by atoms with Crippen molar-refractivity contribution in [2.45, 2.75) is 0 Å². The number of aliphatic imine (C=N–C) groups is 1. The molecule has 52 valence electrons. The first kappa shape index (κ1) is 5.97. The van der Waals surface area contributed by atoms with E-state index in [0.29, 0.717) is 0 Å². The van der Waals surface area contributed by atoms with E-state index in [-0.39, 0.29) is 0 Å². The quantitative estimate of drug-likeness (QED) is 0.552. The minimum absolute atomic E-state index is 0.943. The van der Waals surface area contributed by atoms with Gasteiger partial charge in [0.1, 0.15) is 6.33 Å². The largest absolute Gasteiger partial charge is 0.285 e. The Balaban J connectivity index is 2.28. The Morgan fingerprint density at radius 1 is 1.60 bits per heavy atom. The van der Waals surface area contributed by atoms with Crippen molar-refractivity contribution in [3.8, 4) is 0 Å². The van der Waals surface area contributed by atoms with E-state index in [2.05, 4.69) is 9.98 Å². The zero-order valence-corrected chi connectivity index (χ0v) is 6.21. The van der Waals surface area contributed by atoms with E-state index in [1.54, 1.807) is 24.3 Å². The third-order valence-corrected chi connectivity index (χ3v) is 2.28. The molecule has 0 aliphatic carbocycles. The van der Waals surface area contributed by atoms with Gasteiger partial charge in [0, 0.05) is 18.1 Å². The smallest absolute Gasteiger partial charge is 0.168 e. The fraction of sp³-hybridized carbons (Fsp3) is 0.333. The van der Waals surface area contributed by atoms with Gasteiger partial charge in [0.05, 0.1) is 6.54 Å². The highest BCUT2D eigenvalue weighted by molar-refractivity contribution is 8.14. The maximum Gasteiger partial charge on any atom is 0.168 e. The van der Waals surface area contributed by atoms with Crippen LogP contribution in [0.2, 0.25) is 0 Å². The van der Waals surface area contributed by atoms with Crippen molar-refractivity contribution in [2.24, 2.45) is 4.99 Å². The predicted molar refractivity (Wildman–Crippen MR) is 42.4 cm³/mol. The molecule has 3 nitrogen and oxygen atoms in total. The SMILES string of the molecule is c1cn(C2=NCCS2)cn1. The second-order valence-electron chi connectivity index (χ2n) is 1.98. The molecular formula is C6H7N3S. The lowest BCUT2D eigenvalue weighted by Crippen LogP contribution is -2.00. The van der Waals surface area contributed by atoms with Crippen LogP contribution in [-0.2, 0) is 0 Å². The van der Waals surface area contributed by atoms with Gasteiger partial charge in [0.15, 0.2) is 5.17 Å². The highest BCUT2D eigenvalue weighted by atomic mass is 32.2. The lowest BCUT2D eigenvalue weighted by molar-refractivity contribution is 1.10. The summed E-state index contributed by atoms with van der Waals surface area (Å²) in [4.78, 5) is 8.22. The molecule has 1 aliphatic heterocycles. The summed E-state index contributed by atoms with van der Waals surface area (Å²) < 4.78 is 1.94. The molecule has 1 aromatic rings. The van der Waals surface area contributed by atoms with Crippen molar-refractivity contribution < 1.29 is 0 Å². The molecule has 0 spiro atoms. The van der Waals surface area contributed by atoms with E-state index >= 15 is 0 Å². The van der Waals surface area contributed by atoms with Crippen LogP contribution in [0.4, 0.5) is 0 Å². The summed E-state index contributed by atoms with van der Waals surface area (Å²) in [6, 6.07) is 0. The van der Waals surface area contributed by atoms with E-state index in [1.807, 2.05) is 10.8 Å². The maximum absolute atomic E-state index is 4.28. The average molecular weight is 153 g/mol. The molecule has 0 aromatic carbocycles. The number of thioether (sulfide) groups is 1. The summed E-state index contributed by atoms with van der Waals surface area (Å²) in [7, 11) is 0. The van der Waals surface area contributed by atoms with Crippen LogP contribution in [0, 0.1) is 0 Å². The second kappa shape index (κ2) is 2.46. The van der Waals surface area contributed by atoms with E-state index < -0.39 is 0 Å². The topological polar surface area (TPSA) is 30.2 Å². The summed E-state index contributed by atoms with van der Waals surface area (Å²) in [6.45, 7) is 0.943. The van der Waals surface area contributed by atoms with E-state index in [1.165, 1.54) is 0 Å². The van der Waals surface area contributed by atoms with Crippen molar-refractivity contribution in [1.29, 1.82) is 0 Å². The minimum Gasteiger partial charge on any atom is -0.285 e. The van der Waals surface area contributed by atoms with Gasteiger partial charge in [-0.15, -0.1) is 0 Å². The van der Waals surface area contributed by atoms with Gasteiger partial charge in [-0.25, -0.2) is 4.98 Å². The number of rotatable bonds is 0. The third-order valence-electron chi connectivity index (χ3n) is 1.29. The van der Waals surface area contributed by atoms with Crippen molar-refractivity contribution >= 4 is 16.9 Å². The van der Waals surface area contributed by atoms with Crippen molar-refractivity contribution in [3.05, 3.63) is 18.7 Å². The highest BCUT2D eigenvalue weighted by Gasteiger charge is 2.06. The summed E-state index contributed by atoms with van der Waals surface area (Å²) in [5.41, 5.74) is 0. The van der Waals surface area contributed by atoms with Gasteiger partial charge >= 0.3 is 0 Å². The highest BCUT2D eigenvalue weighted by Crippen LogP contribution is 2.12. The summed E-state index contributed by atoms with van der Waals surface area (Å²) in [5, 5.41) is 1.07. The first-order valence-electron chi connectivity index (χ1n) is 3.12. The monoisotopic (exact) mass is 153 g/mol. The fourth-order valence-corrected chi connectivity index (χ4v) is 1.66. The molecule has 0 radical (unpaired) electrons. The molecule has 10 heavy (non-hydrogen) atoms. The van der Waals surface area contributed by atoms with Gasteiger partial charge < -0.3 is 0 Å². The van der Waals surface area contributed by atoms with Crippen molar-refractivity contribution in [1.82, 2.24) is 9.55 Å². The minimum atomic E-state index is 0.943. The van der Waals surface area contributed by atoms with Crippen LogP contribution in [0.3, 0.4) is 0 Å². The first-order valence-corrected chi connectivity index (χ1v) is 4.11. The molecule has 2 rings (SSSR count). The van der Waals surface area contributed by atoms with Crippen LogP contribution in [0.1, 0.15) is 0 Å². The lowest BCUT2D eigenvalue weighted by atomic mass is 10.8. The Morgan fingerprint density at radius 3 is 3.20 bits per heavy atom. The van der Waals surface area contributed by atoms with Crippen LogP contribution in [0.15, 0.2) is 23.7 Å². The van der Waals surface area contributed by atoms with Gasteiger partial charge in [-0.05, 0) is 0 Å². The zero-order chi connectivity index (χ0) is 6.81. The van der Waals surface area contributed by atoms with E-state index in [9.17, 15) is 0 Å². The molecule has 0 amide bonds. The van der Waals surface area contributed by atoms with Crippen LogP contribution in [0.25, 0.3) is 0 Å². The fourth-order valence-electron chi connectivity index (χ4n) is 0.852. The molecule has 4 heteroatoms. The van der Waals surface area contributed by atoms with Crippen LogP contribution < -0.4 is 0 Å². The number of aromatic nitrogens is 2. The third kappa shape index (κ3) is 0.945. The summed E-state index contributed by atoms with van der Waals surface area (Å²) in [5.74, 6) is 1.10. The Morgan fingerprint density at radius 2 is 2.60 bits per heavy atom. The van der Waals surface area contributed by atoms with Gasteiger partial charge in [0.25, 0.3) is 0 Å². The first-order chi connectivity index (χ1) is 4.97. The predicted octanol–water partition coefficient (Wildman–Crippen LogP) is 0.834. The molecule has 0 N–H and O–H groups in total. The molecule has 0 saturated carbocycles. The van der Waals surface area contributed by atoms with E-state index in [0.717, 1.165) is 17.5 Å². The molecular weight excluding hydrogens is 146 g/mol. The molecule has 1 aromatic heterocycles. The van der Waals surface area contributed by atoms with Gasteiger partial charge in [0.2, 0.25) is 0 Å². The maximum atomic E-state index is 4.28. The number of hydrogen-bond donors (Lipinski definition) is 0. The normalized spacial score (nSPS) is 17.4. The molecule has 1 aliphatic rings. The summed E-state index contributed by atoms with van der Waals surface area (Å²) in [6.07, 6.45) is 5.45. The number of nitrogens with zero attached hydrogens (tertiary/aromatic N) is 3. The van der Waals surface area contributed by atoms with Crippen LogP contribution in [0.5, 0.6) is 0 Å². The lowest BCUT2D eigenvalue weighted by Gasteiger charge is -1.95.